The summed E-state index contributed by atoms with van der Waals surface area (Å²) in [4.78, 5) is 23.0. The fourth-order valence-corrected chi connectivity index (χ4v) is 1.68. The third kappa shape index (κ3) is 4.49. The van der Waals surface area contributed by atoms with Crippen LogP contribution in [-0.4, -0.2) is 35.9 Å². The fraction of sp³-hybridized carbons (Fsp3) is 0.364. The zero-order chi connectivity index (χ0) is 14.3. The van der Waals surface area contributed by atoms with Crippen molar-refractivity contribution in [3.63, 3.8) is 0 Å². The van der Waals surface area contributed by atoms with Crippen LogP contribution >= 0.6 is 15.9 Å². The highest BCUT2D eigenvalue weighted by Crippen LogP contribution is 2.15. The van der Waals surface area contributed by atoms with Gasteiger partial charge in [0.1, 0.15) is 11.0 Å². The Hall–Kier alpha value is -1.67. The number of carbonyl (C=O) groups excluding carboxylic acids is 1. The van der Waals surface area contributed by atoms with Gasteiger partial charge in [0.25, 0.3) is 5.56 Å². The molecule has 104 valence electrons. The minimum Gasteiger partial charge on any atom is -0.468 e. The summed E-state index contributed by atoms with van der Waals surface area (Å²) in [5, 5.41) is 6.89. The molecule has 0 aliphatic rings. The van der Waals surface area contributed by atoms with E-state index in [0.717, 1.165) is 4.68 Å². The zero-order valence-corrected chi connectivity index (χ0v) is 12.0. The standard InChI is InChI=1S/C11H15BrN4O3/c1-19-9(17)7-16-11(18)10(12)8(6-15-16)14-5-3-2-4-13/h2-3,6,14H,4-5,7,13H2,1H3/b3-2+. The average molecular weight is 331 g/mol. The van der Waals surface area contributed by atoms with Crippen LogP contribution in [0.5, 0.6) is 0 Å². The lowest BCUT2D eigenvalue weighted by Crippen LogP contribution is -2.28. The minimum absolute atomic E-state index is 0.221. The van der Waals surface area contributed by atoms with Crippen LogP contribution in [0.4, 0.5) is 5.69 Å². The molecular weight excluding hydrogens is 316 g/mol. The van der Waals surface area contributed by atoms with Crippen molar-refractivity contribution in [3.8, 4) is 0 Å². The Labute approximate surface area is 118 Å². The van der Waals surface area contributed by atoms with Gasteiger partial charge in [0.15, 0.2) is 0 Å². The van der Waals surface area contributed by atoms with Gasteiger partial charge in [-0.1, -0.05) is 12.2 Å². The Morgan fingerprint density at radius 1 is 1.63 bits per heavy atom. The summed E-state index contributed by atoms with van der Waals surface area (Å²) in [7, 11) is 1.25. The molecule has 0 saturated heterocycles. The molecule has 3 N–H and O–H groups in total. The molecule has 8 heteroatoms. The van der Waals surface area contributed by atoms with Gasteiger partial charge in [0.05, 0.1) is 19.0 Å². The Morgan fingerprint density at radius 2 is 2.37 bits per heavy atom. The number of hydrogen-bond donors (Lipinski definition) is 2. The number of anilines is 1. The van der Waals surface area contributed by atoms with Crippen LogP contribution in [0.3, 0.4) is 0 Å². The third-order valence-electron chi connectivity index (χ3n) is 2.20. The quantitative estimate of drug-likeness (QED) is 0.567. The van der Waals surface area contributed by atoms with Crippen LogP contribution in [0.25, 0.3) is 0 Å². The number of ether oxygens (including phenoxy) is 1. The molecule has 0 unspecified atom stereocenters. The van der Waals surface area contributed by atoms with Gasteiger partial charge in [-0.2, -0.15) is 5.10 Å². The smallest absolute Gasteiger partial charge is 0.327 e. The van der Waals surface area contributed by atoms with Gasteiger partial charge in [0, 0.05) is 13.1 Å². The lowest BCUT2D eigenvalue weighted by atomic mass is 10.4. The van der Waals surface area contributed by atoms with Crippen LogP contribution in [0, 0.1) is 0 Å². The molecule has 0 fully saturated rings. The molecule has 0 aliphatic carbocycles. The minimum atomic E-state index is -0.534. The topological polar surface area (TPSA) is 99.2 Å². The SMILES string of the molecule is COC(=O)Cn1ncc(NC/C=C/CN)c(Br)c1=O. The summed E-state index contributed by atoms with van der Waals surface area (Å²) in [5.41, 5.74) is 5.45. The van der Waals surface area contributed by atoms with E-state index in [1.807, 2.05) is 6.08 Å². The molecule has 0 aliphatic heterocycles. The maximum absolute atomic E-state index is 11.9. The highest BCUT2D eigenvalue weighted by molar-refractivity contribution is 9.10. The molecular formula is C11H15BrN4O3. The molecule has 0 radical (unpaired) electrons. The fourth-order valence-electron chi connectivity index (χ4n) is 1.24. The second-order valence-electron chi connectivity index (χ2n) is 3.50. The first-order chi connectivity index (χ1) is 9.10. The first-order valence-corrected chi connectivity index (χ1v) is 6.30. The zero-order valence-electron chi connectivity index (χ0n) is 10.4. The van der Waals surface area contributed by atoms with Gasteiger partial charge in [-0.3, -0.25) is 9.59 Å². The molecule has 7 nitrogen and oxygen atoms in total. The first kappa shape index (κ1) is 15.4. The number of hydrogen-bond acceptors (Lipinski definition) is 6. The van der Waals surface area contributed by atoms with E-state index in [2.05, 4.69) is 31.1 Å². The van der Waals surface area contributed by atoms with E-state index >= 15 is 0 Å². The number of carbonyl (C=O) groups is 1. The largest absolute Gasteiger partial charge is 0.468 e. The van der Waals surface area contributed by atoms with Gasteiger partial charge < -0.3 is 15.8 Å². The molecule has 1 heterocycles. The predicted octanol–water partition coefficient (Wildman–Crippen LogP) is 0.106. The van der Waals surface area contributed by atoms with Gasteiger partial charge in [-0.15, -0.1) is 0 Å². The van der Waals surface area contributed by atoms with Crippen molar-refractivity contribution < 1.29 is 9.53 Å². The second kappa shape index (κ2) is 7.70. The molecule has 0 aromatic carbocycles. The van der Waals surface area contributed by atoms with Crippen molar-refractivity contribution in [1.29, 1.82) is 0 Å². The summed E-state index contributed by atoms with van der Waals surface area (Å²) in [6.07, 6.45) is 5.10. The number of nitrogens with one attached hydrogen (secondary N) is 1. The molecule has 0 bridgehead atoms. The lowest BCUT2D eigenvalue weighted by Gasteiger charge is -2.08. The van der Waals surface area contributed by atoms with Gasteiger partial charge in [-0.25, -0.2) is 4.68 Å². The lowest BCUT2D eigenvalue weighted by molar-refractivity contribution is -0.141. The molecule has 1 aromatic heterocycles. The summed E-state index contributed by atoms with van der Waals surface area (Å²) in [6, 6.07) is 0. The number of esters is 1. The summed E-state index contributed by atoms with van der Waals surface area (Å²) >= 11 is 3.18. The van der Waals surface area contributed by atoms with E-state index in [9.17, 15) is 9.59 Å². The van der Waals surface area contributed by atoms with Crippen molar-refractivity contribution in [1.82, 2.24) is 9.78 Å². The summed E-state index contributed by atoms with van der Waals surface area (Å²) in [6.45, 7) is 0.765. The van der Waals surface area contributed by atoms with Gasteiger partial charge >= 0.3 is 5.97 Å². The van der Waals surface area contributed by atoms with E-state index in [4.69, 9.17) is 5.73 Å². The maximum Gasteiger partial charge on any atom is 0.327 e. The predicted molar refractivity (Wildman–Crippen MR) is 74.9 cm³/mol. The molecule has 0 amide bonds. The average Bonchev–Trinajstić information content (AvgIpc) is 2.42. The van der Waals surface area contributed by atoms with Gasteiger partial charge in [0.2, 0.25) is 0 Å². The van der Waals surface area contributed by atoms with E-state index in [1.54, 1.807) is 6.08 Å². The maximum atomic E-state index is 11.9. The molecule has 0 atom stereocenters. The number of halogens is 1. The highest BCUT2D eigenvalue weighted by atomic mass is 79.9. The monoisotopic (exact) mass is 330 g/mol. The third-order valence-corrected chi connectivity index (χ3v) is 2.97. The van der Waals surface area contributed by atoms with Crippen molar-refractivity contribution in [2.24, 2.45) is 5.73 Å². The van der Waals surface area contributed by atoms with Crippen molar-refractivity contribution in [2.75, 3.05) is 25.5 Å². The number of nitrogens with zero attached hydrogens (tertiary/aromatic N) is 2. The van der Waals surface area contributed by atoms with Crippen molar-refractivity contribution >= 4 is 27.6 Å². The van der Waals surface area contributed by atoms with Crippen LogP contribution in [0.1, 0.15) is 0 Å². The van der Waals surface area contributed by atoms with Crippen LogP contribution in [0.2, 0.25) is 0 Å². The summed E-state index contributed by atoms with van der Waals surface area (Å²) in [5.74, 6) is -0.534. The summed E-state index contributed by atoms with van der Waals surface area (Å²) < 4.78 is 5.82. The molecule has 19 heavy (non-hydrogen) atoms. The van der Waals surface area contributed by atoms with Crippen molar-refractivity contribution in [2.45, 2.75) is 6.54 Å². The Kier molecular flexibility index (Phi) is 6.23. The first-order valence-electron chi connectivity index (χ1n) is 5.51. The van der Waals surface area contributed by atoms with Crippen LogP contribution in [0.15, 0.2) is 27.6 Å². The van der Waals surface area contributed by atoms with Crippen LogP contribution < -0.4 is 16.6 Å². The van der Waals surface area contributed by atoms with Crippen LogP contribution in [-0.2, 0) is 16.1 Å². The molecule has 0 spiro atoms. The molecule has 1 rings (SSSR count). The Balaban J connectivity index is 2.82. The Bertz CT molecular complexity index is 527. The molecule has 0 saturated carbocycles. The number of nitrogens with two attached hydrogens (primary N) is 1. The van der Waals surface area contributed by atoms with Crippen molar-refractivity contribution in [3.05, 3.63) is 33.2 Å². The second-order valence-corrected chi connectivity index (χ2v) is 4.29. The van der Waals surface area contributed by atoms with E-state index in [-0.39, 0.29) is 6.54 Å². The number of methoxy groups -OCH3 is 1. The van der Waals surface area contributed by atoms with E-state index < -0.39 is 11.5 Å². The normalized spacial score (nSPS) is 10.7. The van der Waals surface area contributed by atoms with E-state index in [0.29, 0.717) is 23.2 Å². The Morgan fingerprint density at radius 3 is 3.00 bits per heavy atom. The van der Waals surface area contributed by atoms with E-state index in [1.165, 1.54) is 13.3 Å². The number of aromatic nitrogens is 2. The molecule has 1 aromatic rings. The highest BCUT2D eigenvalue weighted by Gasteiger charge is 2.11. The van der Waals surface area contributed by atoms with Gasteiger partial charge in [-0.05, 0) is 15.9 Å². The number of rotatable bonds is 6.